The summed E-state index contributed by atoms with van der Waals surface area (Å²) >= 11 is 0. The molecule has 0 saturated carbocycles. The monoisotopic (exact) mass is 355 g/mol. The molecule has 138 valence electrons. The molecule has 1 amide bonds. The van der Waals surface area contributed by atoms with Gasteiger partial charge in [-0.3, -0.25) is 4.79 Å². The van der Waals surface area contributed by atoms with E-state index < -0.39 is 5.97 Å². The Morgan fingerprint density at radius 3 is 2.38 bits per heavy atom. The van der Waals surface area contributed by atoms with Crippen LogP contribution in [0.25, 0.3) is 0 Å². The normalized spacial score (nSPS) is 10.6. The Hall–Kier alpha value is -2.82. The highest BCUT2D eigenvalue weighted by atomic mass is 16.5. The second-order valence-corrected chi connectivity index (χ2v) is 6.56. The third kappa shape index (κ3) is 5.62. The summed E-state index contributed by atoms with van der Waals surface area (Å²) in [6.45, 7) is 6.87. The average molecular weight is 355 g/mol. The summed E-state index contributed by atoms with van der Waals surface area (Å²) in [5.41, 5.74) is 3.29. The van der Waals surface area contributed by atoms with Crippen molar-refractivity contribution < 1.29 is 19.4 Å². The van der Waals surface area contributed by atoms with Gasteiger partial charge in [-0.25, -0.2) is 4.79 Å². The maximum atomic E-state index is 11.9. The molecular formula is C21H25NO4. The van der Waals surface area contributed by atoms with Crippen molar-refractivity contribution >= 4 is 17.6 Å². The van der Waals surface area contributed by atoms with E-state index in [4.69, 9.17) is 9.84 Å². The van der Waals surface area contributed by atoms with Crippen LogP contribution < -0.4 is 10.1 Å². The van der Waals surface area contributed by atoms with Crippen LogP contribution in [-0.2, 0) is 4.79 Å². The predicted molar refractivity (Wildman–Crippen MR) is 102 cm³/mol. The lowest BCUT2D eigenvalue weighted by molar-refractivity contribution is -0.116. The molecule has 0 spiro atoms. The summed E-state index contributed by atoms with van der Waals surface area (Å²) in [7, 11) is 0. The summed E-state index contributed by atoms with van der Waals surface area (Å²) in [6, 6.07) is 12.2. The van der Waals surface area contributed by atoms with E-state index in [-0.39, 0.29) is 11.5 Å². The van der Waals surface area contributed by atoms with Crippen molar-refractivity contribution in [1.29, 1.82) is 0 Å². The van der Waals surface area contributed by atoms with Crippen LogP contribution in [0.3, 0.4) is 0 Å². The second-order valence-electron chi connectivity index (χ2n) is 6.56. The average Bonchev–Trinajstić information content (AvgIpc) is 2.59. The van der Waals surface area contributed by atoms with Gasteiger partial charge in [-0.2, -0.15) is 0 Å². The van der Waals surface area contributed by atoms with Crippen LogP contribution in [0.2, 0.25) is 0 Å². The molecule has 26 heavy (non-hydrogen) atoms. The van der Waals surface area contributed by atoms with Crippen LogP contribution in [-0.4, -0.2) is 23.6 Å². The number of carboxylic acid groups (broad SMARTS) is 1. The summed E-state index contributed by atoms with van der Waals surface area (Å²) < 4.78 is 5.72. The van der Waals surface area contributed by atoms with Crippen LogP contribution in [0.15, 0.2) is 42.5 Å². The van der Waals surface area contributed by atoms with Crippen molar-refractivity contribution in [1.82, 2.24) is 0 Å². The number of carboxylic acids is 1. The van der Waals surface area contributed by atoms with E-state index in [9.17, 15) is 9.59 Å². The minimum Gasteiger partial charge on any atom is -0.494 e. The summed E-state index contributed by atoms with van der Waals surface area (Å²) in [4.78, 5) is 22.7. The molecule has 0 atom stereocenters. The molecule has 2 aromatic rings. The maximum absolute atomic E-state index is 11.9. The highest BCUT2D eigenvalue weighted by molar-refractivity contribution is 5.92. The molecule has 0 fully saturated rings. The van der Waals surface area contributed by atoms with E-state index in [1.165, 1.54) is 23.3 Å². The van der Waals surface area contributed by atoms with Crippen molar-refractivity contribution in [3.05, 3.63) is 59.2 Å². The number of aryl methyl sites for hydroxylation is 1. The zero-order chi connectivity index (χ0) is 19.1. The Morgan fingerprint density at radius 1 is 1.12 bits per heavy atom. The van der Waals surface area contributed by atoms with E-state index in [0.717, 1.165) is 5.75 Å². The number of hydrogen-bond acceptors (Lipinski definition) is 3. The fourth-order valence-corrected chi connectivity index (χ4v) is 2.73. The molecule has 0 aliphatic carbocycles. The van der Waals surface area contributed by atoms with Gasteiger partial charge in [-0.05, 0) is 66.8 Å². The number of amides is 1. The lowest BCUT2D eigenvalue weighted by Crippen LogP contribution is -2.13. The van der Waals surface area contributed by atoms with Crippen LogP contribution in [0, 0.1) is 6.92 Å². The molecule has 0 aliphatic heterocycles. The maximum Gasteiger partial charge on any atom is 0.335 e. The zero-order valence-corrected chi connectivity index (χ0v) is 15.4. The van der Waals surface area contributed by atoms with Crippen LogP contribution in [0.5, 0.6) is 5.75 Å². The van der Waals surface area contributed by atoms with E-state index in [1.807, 2.05) is 12.1 Å². The lowest BCUT2D eigenvalue weighted by Gasteiger charge is -2.12. The number of benzene rings is 2. The number of ether oxygens (including phenoxy) is 1. The highest BCUT2D eigenvalue weighted by Crippen LogP contribution is 2.23. The molecule has 0 saturated heterocycles. The Balaban J connectivity index is 1.74. The van der Waals surface area contributed by atoms with Gasteiger partial charge >= 0.3 is 5.97 Å². The van der Waals surface area contributed by atoms with Crippen molar-refractivity contribution in [2.24, 2.45) is 0 Å². The first-order valence-corrected chi connectivity index (χ1v) is 8.73. The molecule has 2 aromatic carbocycles. The third-order valence-corrected chi connectivity index (χ3v) is 4.10. The molecule has 5 heteroatoms. The van der Waals surface area contributed by atoms with Gasteiger partial charge in [0, 0.05) is 12.1 Å². The molecule has 0 unspecified atom stereocenters. The van der Waals surface area contributed by atoms with Crippen LogP contribution in [0.1, 0.15) is 54.1 Å². The molecule has 0 aromatic heterocycles. The Labute approximate surface area is 154 Å². The lowest BCUT2D eigenvalue weighted by atomic mass is 9.98. The van der Waals surface area contributed by atoms with Gasteiger partial charge < -0.3 is 15.2 Å². The largest absolute Gasteiger partial charge is 0.494 e. The van der Waals surface area contributed by atoms with Gasteiger partial charge in [0.15, 0.2) is 0 Å². The van der Waals surface area contributed by atoms with Gasteiger partial charge in [0.25, 0.3) is 0 Å². The van der Waals surface area contributed by atoms with Crippen molar-refractivity contribution in [3.63, 3.8) is 0 Å². The quantitative estimate of drug-likeness (QED) is 0.678. The molecule has 2 rings (SSSR count). The number of hydrogen-bond donors (Lipinski definition) is 2. The van der Waals surface area contributed by atoms with E-state index in [2.05, 4.69) is 32.2 Å². The first-order chi connectivity index (χ1) is 12.4. The van der Waals surface area contributed by atoms with Crippen LogP contribution in [0.4, 0.5) is 5.69 Å². The number of rotatable bonds is 8. The molecular weight excluding hydrogens is 330 g/mol. The van der Waals surface area contributed by atoms with E-state index >= 15 is 0 Å². The summed E-state index contributed by atoms with van der Waals surface area (Å²) in [5.74, 6) is 0.188. The summed E-state index contributed by atoms with van der Waals surface area (Å²) in [5, 5.41) is 11.6. The highest BCUT2D eigenvalue weighted by Gasteiger charge is 2.07. The van der Waals surface area contributed by atoms with Gasteiger partial charge in [0.05, 0.1) is 12.2 Å². The van der Waals surface area contributed by atoms with Crippen molar-refractivity contribution in [2.45, 2.75) is 39.5 Å². The number of carbonyl (C=O) groups is 2. The second kappa shape index (κ2) is 9.04. The third-order valence-electron chi connectivity index (χ3n) is 4.10. The minimum atomic E-state index is -0.989. The van der Waals surface area contributed by atoms with Crippen LogP contribution >= 0.6 is 0 Å². The van der Waals surface area contributed by atoms with Gasteiger partial charge in [0.1, 0.15) is 5.75 Å². The fourth-order valence-electron chi connectivity index (χ4n) is 2.73. The summed E-state index contributed by atoms with van der Waals surface area (Å²) in [6.07, 6.45) is 0.938. The Bertz CT molecular complexity index is 766. The van der Waals surface area contributed by atoms with E-state index in [1.54, 1.807) is 12.1 Å². The zero-order valence-electron chi connectivity index (χ0n) is 15.4. The fraction of sp³-hybridized carbons (Fsp3) is 0.333. The van der Waals surface area contributed by atoms with Gasteiger partial charge in [-0.1, -0.05) is 19.9 Å². The first-order valence-electron chi connectivity index (χ1n) is 8.73. The smallest absolute Gasteiger partial charge is 0.335 e. The molecule has 2 N–H and O–H groups in total. The van der Waals surface area contributed by atoms with Gasteiger partial charge in [-0.15, -0.1) is 0 Å². The minimum absolute atomic E-state index is 0.122. The number of nitrogens with one attached hydrogen (secondary N) is 1. The number of aromatic carboxylic acids is 1. The van der Waals surface area contributed by atoms with E-state index in [0.29, 0.717) is 31.1 Å². The first kappa shape index (κ1) is 19.5. The standard InChI is InChI=1S/C21H25NO4/c1-14(2)19-11-10-18(13-15(19)3)26-12-4-5-20(23)22-17-8-6-16(7-9-17)21(24)25/h6-11,13-14H,4-5,12H2,1-3H3,(H,22,23)(H,24,25). The number of anilines is 1. The van der Waals surface area contributed by atoms with Gasteiger partial charge in [0.2, 0.25) is 5.91 Å². The molecule has 0 bridgehead atoms. The molecule has 5 nitrogen and oxygen atoms in total. The molecule has 0 radical (unpaired) electrons. The van der Waals surface area contributed by atoms with Crippen molar-refractivity contribution in [3.8, 4) is 5.75 Å². The molecule has 0 heterocycles. The Morgan fingerprint density at radius 2 is 1.81 bits per heavy atom. The number of carbonyl (C=O) groups excluding carboxylic acids is 1. The SMILES string of the molecule is Cc1cc(OCCCC(=O)Nc2ccc(C(=O)O)cc2)ccc1C(C)C. The Kier molecular flexibility index (Phi) is 6.78. The topological polar surface area (TPSA) is 75.6 Å². The molecule has 0 aliphatic rings. The predicted octanol–water partition coefficient (Wildman–Crippen LogP) is 4.61. The van der Waals surface area contributed by atoms with Crippen molar-refractivity contribution in [2.75, 3.05) is 11.9 Å².